The van der Waals surface area contributed by atoms with E-state index in [-0.39, 0.29) is 18.2 Å². The van der Waals surface area contributed by atoms with Crippen LogP contribution < -0.4 is 9.47 Å². The Morgan fingerprint density at radius 1 is 1.25 bits per heavy atom. The smallest absolute Gasteiger partial charge is 0.410 e. The molecule has 2 bridgehead atoms. The molecular formula is C21H31NO6. The van der Waals surface area contributed by atoms with Crippen LogP contribution in [0.2, 0.25) is 0 Å². The minimum absolute atomic E-state index is 0.191. The summed E-state index contributed by atoms with van der Waals surface area (Å²) < 4.78 is 22.2. The van der Waals surface area contributed by atoms with Crippen LogP contribution in [0.5, 0.6) is 11.5 Å². The maximum Gasteiger partial charge on any atom is 0.410 e. The first kappa shape index (κ1) is 20.7. The number of methoxy groups -OCH3 is 1. The van der Waals surface area contributed by atoms with Crippen LogP contribution in [0.3, 0.4) is 0 Å². The Labute approximate surface area is 166 Å². The molecule has 2 fully saturated rings. The number of rotatable bonds is 5. The predicted molar refractivity (Wildman–Crippen MR) is 104 cm³/mol. The quantitative estimate of drug-likeness (QED) is 0.829. The van der Waals surface area contributed by atoms with Crippen molar-refractivity contribution in [2.45, 2.75) is 63.3 Å². The van der Waals surface area contributed by atoms with Crippen molar-refractivity contribution < 1.29 is 28.8 Å². The number of hydrogen-bond donors (Lipinski definition) is 1. The van der Waals surface area contributed by atoms with Gasteiger partial charge in [-0.3, -0.25) is 4.90 Å². The van der Waals surface area contributed by atoms with Crippen molar-refractivity contribution >= 4 is 6.09 Å². The van der Waals surface area contributed by atoms with E-state index < -0.39 is 11.2 Å². The molecule has 2 atom stereocenters. The fourth-order valence-electron chi connectivity index (χ4n) is 3.94. The summed E-state index contributed by atoms with van der Waals surface area (Å²) in [6.45, 7) is 6.77. The van der Waals surface area contributed by atoms with Gasteiger partial charge in [0.2, 0.25) is 0 Å². The fraction of sp³-hybridized carbons (Fsp3) is 0.667. The number of benzene rings is 1. The van der Waals surface area contributed by atoms with Crippen LogP contribution in [0.15, 0.2) is 24.3 Å². The number of piperidine rings is 1. The molecule has 1 amide bonds. The molecule has 0 aromatic heterocycles. The second kappa shape index (κ2) is 8.17. The number of amides is 1. The second-order valence-corrected chi connectivity index (χ2v) is 8.64. The zero-order valence-corrected chi connectivity index (χ0v) is 17.1. The third kappa shape index (κ3) is 5.08. The Kier molecular flexibility index (Phi) is 6.05. The Bertz CT molecular complexity index is 672. The highest BCUT2D eigenvalue weighted by atomic mass is 16.6. The van der Waals surface area contributed by atoms with E-state index in [9.17, 15) is 9.90 Å². The van der Waals surface area contributed by atoms with E-state index in [0.717, 1.165) is 5.75 Å². The standard InChI is InChI=1S/C21H31NO6/c1-20(2,3)28-19(23)22-15-11-21(24,12-16(22)14-26-13-15)8-9-27-18-7-5-6-17(10-18)25-4/h5-7,10,15-16,24H,8-9,11-14H2,1-4H3. The molecule has 7 heteroatoms. The van der Waals surface area contributed by atoms with Crippen molar-refractivity contribution in [3.05, 3.63) is 24.3 Å². The van der Waals surface area contributed by atoms with E-state index in [4.69, 9.17) is 18.9 Å². The molecule has 2 saturated heterocycles. The lowest BCUT2D eigenvalue weighted by atomic mass is 9.79. The van der Waals surface area contributed by atoms with Crippen molar-refractivity contribution in [3.63, 3.8) is 0 Å². The predicted octanol–water partition coefficient (Wildman–Crippen LogP) is 2.99. The first-order chi connectivity index (χ1) is 13.2. The van der Waals surface area contributed by atoms with Gasteiger partial charge in [0.1, 0.15) is 17.1 Å². The Morgan fingerprint density at radius 2 is 1.89 bits per heavy atom. The first-order valence-electron chi connectivity index (χ1n) is 9.77. The maximum absolute atomic E-state index is 12.6. The minimum atomic E-state index is -0.892. The third-order valence-corrected chi connectivity index (χ3v) is 5.12. The van der Waals surface area contributed by atoms with E-state index in [1.54, 1.807) is 12.0 Å². The van der Waals surface area contributed by atoms with Crippen LogP contribution in [0.25, 0.3) is 0 Å². The topological polar surface area (TPSA) is 77.5 Å². The molecule has 2 heterocycles. The summed E-state index contributed by atoms with van der Waals surface area (Å²) in [5.74, 6) is 1.44. The second-order valence-electron chi connectivity index (χ2n) is 8.64. The van der Waals surface area contributed by atoms with Crippen LogP contribution in [-0.4, -0.2) is 66.3 Å². The van der Waals surface area contributed by atoms with Crippen molar-refractivity contribution in [2.75, 3.05) is 26.9 Å². The molecular weight excluding hydrogens is 362 g/mol. The monoisotopic (exact) mass is 393 g/mol. The molecule has 3 rings (SSSR count). The first-order valence-corrected chi connectivity index (χ1v) is 9.77. The summed E-state index contributed by atoms with van der Waals surface area (Å²) in [7, 11) is 1.61. The molecule has 0 saturated carbocycles. The molecule has 0 spiro atoms. The summed E-state index contributed by atoms with van der Waals surface area (Å²) in [5.41, 5.74) is -1.44. The number of fused-ring (bicyclic) bond motifs is 2. The number of aliphatic hydroxyl groups is 1. The molecule has 1 N–H and O–H groups in total. The van der Waals surface area contributed by atoms with Crippen molar-refractivity contribution in [1.29, 1.82) is 0 Å². The fourth-order valence-corrected chi connectivity index (χ4v) is 3.94. The molecule has 0 aliphatic carbocycles. The zero-order valence-electron chi connectivity index (χ0n) is 17.1. The Hall–Kier alpha value is -1.99. The lowest BCUT2D eigenvalue weighted by Gasteiger charge is -2.51. The summed E-state index contributed by atoms with van der Waals surface area (Å²) in [4.78, 5) is 14.4. The molecule has 0 radical (unpaired) electrons. The summed E-state index contributed by atoms with van der Waals surface area (Å²) in [6, 6.07) is 7.02. The van der Waals surface area contributed by atoms with Gasteiger partial charge >= 0.3 is 6.09 Å². The van der Waals surface area contributed by atoms with Crippen LogP contribution in [0.1, 0.15) is 40.0 Å². The molecule has 2 unspecified atom stereocenters. The summed E-state index contributed by atoms with van der Waals surface area (Å²) >= 11 is 0. The number of nitrogens with zero attached hydrogens (tertiary/aromatic N) is 1. The van der Waals surface area contributed by atoms with Gasteiger partial charge in [-0.15, -0.1) is 0 Å². The molecule has 2 aliphatic rings. The van der Waals surface area contributed by atoms with Gasteiger partial charge in [-0.1, -0.05) is 6.07 Å². The Morgan fingerprint density at radius 3 is 2.50 bits per heavy atom. The van der Waals surface area contributed by atoms with E-state index in [1.165, 1.54) is 0 Å². The highest BCUT2D eigenvalue weighted by Crippen LogP contribution is 2.37. The molecule has 156 valence electrons. The average Bonchev–Trinajstić information content (AvgIpc) is 2.59. The molecule has 7 nitrogen and oxygen atoms in total. The number of hydrogen-bond acceptors (Lipinski definition) is 6. The van der Waals surface area contributed by atoms with Gasteiger partial charge in [-0.05, 0) is 45.7 Å². The van der Waals surface area contributed by atoms with E-state index in [2.05, 4.69) is 0 Å². The third-order valence-electron chi connectivity index (χ3n) is 5.12. The lowest BCUT2D eigenvalue weighted by molar-refractivity contribution is -0.141. The number of morpholine rings is 1. The van der Waals surface area contributed by atoms with Crippen LogP contribution >= 0.6 is 0 Å². The highest BCUT2D eigenvalue weighted by molar-refractivity contribution is 5.69. The van der Waals surface area contributed by atoms with Gasteiger partial charge in [0.25, 0.3) is 0 Å². The van der Waals surface area contributed by atoms with Crippen LogP contribution in [-0.2, 0) is 9.47 Å². The molecule has 28 heavy (non-hydrogen) atoms. The van der Waals surface area contributed by atoms with Gasteiger partial charge in [0, 0.05) is 12.5 Å². The van der Waals surface area contributed by atoms with Crippen molar-refractivity contribution in [1.82, 2.24) is 4.90 Å². The van der Waals surface area contributed by atoms with Gasteiger partial charge in [0.05, 0.1) is 44.6 Å². The molecule has 2 aliphatic heterocycles. The number of carbonyl (C=O) groups is 1. The van der Waals surface area contributed by atoms with Gasteiger partial charge in [0.15, 0.2) is 0 Å². The van der Waals surface area contributed by atoms with E-state index >= 15 is 0 Å². The lowest BCUT2D eigenvalue weighted by Crippen LogP contribution is -2.64. The number of carbonyl (C=O) groups excluding carboxylic acids is 1. The minimum Gasteiger partial charge on any atom is -0.497 e. The van der Waals surface area contributed by atoms with Gasteiger partial charge in [-0.25, -0.2) is 4.79 Å². The molecule has 1 aromatic carbocycles. The van der Waals surface area contributed by atoms with E-state index in [0.29, 0.717) is 44.8 Å². The van der Waals surface area contributed by atoms with Gasteiger partial charge < -0.3 is 24.1 Å². The normalized spacial score (nSPS) is 27.2. The zero-order chi connectivity index (χ0) is 20.4. The molecule has 1 aromatic rings. The van der Waals surface area contributed by atoms with Crippen LogP contribution in [0, 0.1) is 0 Å². The van der Waals surface area contributed by atoms with Crippen LogP contribution in [0.4, 0.5) is 4.79 Å². The maximum atomic E-state index is 12.6. The number of ether oxygens (including phenoxy) is 4. The Balaban J connectivity index is 1.59. The van der Waals surface area contributed by atoms with Crippen molar-refractivity contribution in [3.8, 4) is 11.5 Å². The summed E-state index contributed by atoms with van der Waals surface area (Å²) in [5, 5.41) is 11.1. The van der Waals surface area contributed by atoms with E-state index in [1.807, 2.05) is 45.0 Å². The summed E-state index contributed by atoms with van der Waals surface area (Å²) in [6.07, 6.45) is 1.05. The van der Waals surface area contributed by atoms with Gasteiger partial charge in [-0.2, -0.15) is 0 Å². The van der Waals surface area contributed by atoms with Crippen molar-refractivity contribution in [2.24, 2.45) is 0 Å². The largest absolute Gasteiger partial charge is 0.497 e. The average molecular weight is 393 g/mol. The highest BCUT2D eigenvalue weighted by Gasteiger charge is 2.49. The SMILES string of the molecule is COc1cccc(OCCC2(O)CC3COCC(C2)N3C(=O)OC(C)(C)C)c1.